The van der Waals surface area contributed by atoms with Gasteiger partial charge in [-0.2, -0.15) is 0 Å². The van der Waals surface area contributed by atoms with Gasteiger partial charge in [-0.05, 0) is 19.8 Å². The van der Waals surface area contributed by atoms with Gasteiger partial charge in [0.1, 0.15) is 6.04 Å². The fourth-order valence-corrected chi connectivity index (χ4v) is 1.20. The molecular weight excluding hydrogens is 194 g/mol. The van der Waals surface area contributed by atoms with Gasteiger partial charge in [-0.3, -0.25) is 9.59 Å². The van der Waals surface area contributed by atoms with Crippen molar-refractivity contribution < 1.29 is 9.59 Å². The smallest absolute Gasteiger partial charge is 0.240 e. The Labute approximate surface area is 90.6 Å². The molecule has 2 amide bonds. The molecule has 1 unspecified atom stereocenters. The van der Waals surface area contributed by atoms with Crippen molar-refractivity contribution in [1.29, 1.82) is 0 Å². The van der Waals surface area contributed by atoms with E-state index in [2.05, 4.69) is 5.32 Å². The zero-order valence-corrected chi connectivity index (χ0v) is 9.83. The van der Waals surface area contributed by atoms with E-state index in [4.69, 9.17) is 11.5 Å². The Balaban J connectivity index is 4.31. The monoisotopic (exact) mass is 215 g/mol. The third kappa shape index (κ3) is 6.06. The van der Waals surface area contributed by atoms with E-state index in [1.807, 2.05) is 13.8 Å². The molecule has 88 valence electrons. The van der Waals surface area contributed by atoms with Crippen LogP contribution in [0.3, 0.4) is 0 Å². The summed E-state index contributed by atoms with van der Waals surface area (Å²) in [6.07, 6.45) is 0.170. The zero-order chi connectivity index (χ0) is 12.2. The van der Waals surface area contributed by atoms with Gasteiger partial charge in [0.15, 0.2) is 0 Å². The first-order chi connectivity index (χ1) is 6.63. The molecule has 0 aromatic carbocycles. The van der Waals surface area contributed by atoms with E-state index in [1.54, 1.807) is 13.8 Å². The van der Waals surface area contributed by atoms with Crippen LogP contribution in [0.5, 0.6) is 0 Å². The molecule has 5 nitrogen and oxygen atoms in total. The van der Waals surface area contributed by atoms with Gasteiger partial charge >= 0.3 is 0 Å². The Hall–Kier alpha value is -1.10. The Morgan fingerprint density at radius 1 is 1.33 bits per heavy atom. The highest BCUT2D eigenvalue weighted by Gasteiger charge is 2.24. The molecule has 15 heavy (non-hydrogen) atoms. The van der Waals surface area contributed by atoms with Crippen molar-refractivity contribution in [2.45, 2.75) is 45.7 Å². The number of carbonyl (C=O) groups is 2. The third-order valence-corrected chi connectivity index (χ3v) is 1.91. The number of carbonyl (C=O) groups excluding carboxylic acids is 2. The minimum Gasteiger partial charge on any atom is -0.368 e. The fraction of sp³-hybridized carbons (Fsp3) is 0.800. The van der Waals surface area contributed by atoms with Gasteiger partial charge in [0.25, 0.3) is 0 Å². The van der Waals surface area contributed by atoms with E-state index < -0.39 is 17.5 Å². The van der Waals surface area contributed by atoms with Gasteiger partial charge in [-0.15, -0.1) is 0 Å². The quantitative estimate of drug-likeness (QED) is 0.589. The Bertz CT molecular complexity index is 244. The van der Waals surface area contributed by atoms with Crippen LogP contribution >= 0.6 is 0 Å². The van der Waals surface area contributed by atoms with E-state index in [-0.39, 0.29) is 18.2 Å². The molecule has 0 aromatic heterocycles. The molecule has 0 heterocycles. The molecule has 5 heteroatoms. The second kappa shape index (κ2) is 5.11. The molecule has 0 saturated carbocycles. The van der Waals surface area contributed by atoms with Crippen molar-refractivity contribution in [3.05, 3.63) is 0 Å². The molecule has 0 fully saturated rings. The molecule has 0 aromatic rings. The average molecular weight is 215 g/mol. The normalized spacial score (nSPS) is 13.7. The summed E-state index contributed by atoms with van der Waals surface area (Å²) >= 11 is 0. The van der Waals surface area contributed by atoms with Gasteiger partial charge in [-0.25, -0.2) is 0 Å². The summed E-state index contributed by atoms with van der Waals surface area (Å²) < 4.78 is 0. The second-order valence-electron chi connectivity index (χ2n) is 4.86. The summed E-state index contributed by atoms with van der Waals surface area (Å²) in [6.45, 7) is 7.15. The minimum absolute atomic E-state index is 0.0210. The number of nitrogens with two attached hydrogens (primary N) is 2. The number of amides is 2. The van der Waals surface area contributed by atoms with E-state index in [0.717, 1.165) is 0 Å². The molecule has 0 aliphatic heterocycles. The van der Waals surface area contributed by atoms with Crippen LogP contribution in [-0.4, -0.2) is 23.4 Å². The Kier molecular flexibility index (Phi) is 4.74. The standard InChI is InChI=1S/C10H21N3O2/c1-6(2)8(9(11)15)13-7(14)5-10(3,4)12/h6,8H,5,12H2,1-4H3,(H2,11,15)(H,13,14). The zero-order valence-electron chi connectivity index (χ0n) is 9.83. The van der Waals surface area contributed by atoms with Crippen LogP contribution in [0, 0.1) is 5.92 Å². The molecule has 0 aliphatic rings. The molecule has 0 radical (unpaired) electrons. The van der Waals surface area contributed by atoms with Crippen LogP contribution in [0.25, 0.3) is 0 Å². The van der Waals surface area contributed by atoms with Crippen molar-refractivity contribution in [3.63, 3.8) is 0 Å². The largest absolute Gasteiger partial charge is 0.368 e. The Morgan fingerprint density at radius 2 is 1.80 bits per heavy atom. The lowest BCUT2D eigenvalue weighted by molar-refractivity contribution is -0.128. The van der Waals surface area contributed by atoms with Crippen LogP contribution in [0.1, 0.15) is 34.1 Å². The third-order valence-electron chi connectivity index (χ3n) is 1.91. The summed E-state index contributed by atoms with van der Waals surface area (Å²) in [5.41, 5.74) is 10.3. The predicted octanol–water partition coefficient (Wildman–Crippen LogP) is -0.260. The Morgan fingerprint density at radius 3 is 2.07 bits per heavy atom. The maximum atomic E-state index is 11.5. The summed E-state index contributed by atoms with van der Waals surface area (Å²) in [5.74, 6) is -0.791. The lowest BCUT2D eigenvalue weighted by Gasteiger charge is -2.22. The first-order valence-electron chi connectivity index (χ1n) is 5.01. The SMILES string of the molecule is CC(C)C(NC(=O)CC(C)(C)N)C(N)=O. The van der Waals surface area contributed by atoms with E-state index in [1.165, 1.54) is 0 Å². The minimum atomic E-state index is -0.625. The topological polar surface area (TPSA) is 98.2 Å². The number of hydrogen-bond acceptors (Lipinski definition) is 3. The highest BCUT2D eigenvalue weighted by molar-refractivity contribution is 5.87. The summed E-state index contributed by atoms with van der Waals surface area (Å²) in [6, 6.07) is -0.625. The van der Waals surface area contributed by atoms with Crippen LogP contribution in [0.2, 0.25) is 0 Å². The molecule has 5 N–H and O–H groups in total. The van der Waals surface area contributed by atoms with E-state index in [0.29, 0.717) is 0 Å². The van der Waals surface area contributed by atoms with Crippen LogP contribution in [-0.2, 0) is 9.59 Å². The number of nitrogens with one attached hydrogen (secondary N) is 1. The number of hydrogen-bond donors (Lipinski definition) is 3. The molecule has 0 spiro atoms. The first kappa shape index (κ1) is 13.9. The number of rotatable bonds is 5. The maximum absolute atomic E-state index is 11.5. The van der Waals surface area contributed by atoms with Crippen molar-refractivity contribution in [1.82, 2.24) is 5.32 Å². The molecule has 0 bridgehead atoms. The van der Waals surface area contributed by atoms with Gasteiger partial charge in [0.2, 0.25) is 11.8 Å². The second-order valence-corrected chi connectivity index (χ2v) is 4.86. The van der Waals surface area contributed by atoms with Crippen molar-refractivity contribution >= 4 is 11.8 Å². The van der Waals surface area contributed by atoms with Crippen molar-refractivity contribution in [2.24, 2.45) is 17.4 Å². The highest BCUT2D eigenvalue weighted by Crippen LogP contribution is 2.06. The predicted molar refractivity (Wildman–Crippen MR) is 58.8 cm³/mol. The van der Waals surface area contributed by atoms with Gasteiger partial charge < -0.3 is 16.8 Å². The molecular formula is C10H21N3O2. The van der Waals surface area contributed by atoms with E-state index >= 15 is 0 Å². The van der Waals surface area contributed by atoms with Crippen LogP contribution < -0.4 is 16.8 Å². The van der Waals surface area contributed by atoms with Gasteiger partial charge in [0, 0.05) is 12.0 Å². The molecule has 0 rings (SSSR count). The number of primary amides is 1. The molecule has 1 atom stereocenters. The maximum Gasteiger partial charge on any atom is 0.240 e. The van der Waals surface area contributed by atoms with Gasteiger partial charge in [-0.1, -0.05) is 13.8 Å². The fourth-order valence-electron chi connectivity index (χ4n) is 1.20. The lowest BCUT2D eigenvalue weighted by Crippen LogP contribution is -2.50. The van der Waals surface area contributed by atoms with Crippen molar-refractivity contribution in [2.75, 3.05) is 0 Å². The first-order valence-corrected chi connectivity index (χ1v) is 5.01. The summed E-state index contributed by atoms with van der Waals surface area (Å²) in [5, 5.41) is 2.58. The summed E-state index contributed by atoms with van der Waals surface area (Å²) in [4.78, 5) is 22.5. The highest BCUT2D eigenvalue weighted by atomic mass is 16.2. The van der Waals surface area contributed by atoms with E-state index in [9.17, 15) is 9.59 Å². The average Bonchev–Trinajstić information content (AvgIpc) is 1.95. The summed E-state index contributed by atoms with van der Waals surface area (Å²) in [7, 11) is 0. The van der Waals surface area contributed by atoms with Gasteiger partial charge in [0.05, 0.1) is 0 Å². The molecule has 0 saturated heterocycles. The lowest BCUT2D eigenvalue weighted by atomic mass is 10.00. The van der Waals surface area contributed by atoms with Crippen molar-refractivity contribution in [3.8, 4) is 0 Å². The van der Waals surface area contributed by atoms with Crippen LogP contribution in [0.15, 0.2) is 0 Å². The van der Waals surface area contributed by atoms with Crippen LogP contribution in [0.4, 0.5) is 0 Å². The molecule has 0 aliphatic carbocycles.